The summed E-state index contributed by atoms with van der Waals surface area (Å²) in [6.07, 6.45) is 6.32. The molecule has 3 aromatic rings. The van der Waals surface area contributed by atoms with E-state index in [-0.39, 0.29) is 11.7 Å². The quantitative estimate of drug-likeness (QED) is 0.727. The number of ether oxygens (including phenoxy) is 2. The van der Waals surface area contributed by atoms with E-state index in [0.29, 0.717) is 12.3 Å². The molecule has 1 aliphatic heterocycles. The fraction of sp³-hybridized carbons (Fsp3) is 0.421. The monoisotopic (exact) mass is 326 g/mol. The SMILES string of the molecule is CC1CC(C)(C)OC(Cn2ccnc2)(c2cc3ccccc3o2)O1. The van der Waals surface area contributed by atoms with Crippen molar-refractivity contribution in [3.63, 3.8) is 0 Å². The summed E-state index contributed by atoms with van der Waals surface area (Å²) in [5.41, 5.74) is 0.526. The largest absolute Gasteiger partial charge is 0.455 e. The van der Waals surface area contributed by atoms with Crippen molar-refractivity contribution in [3.8, 4) is 0 Å². The van der Waals surface area contributed by atoms with Crippen molar-refractivity contribution in [1.29, 1.82) is 0 Å². The molecule has 2 unspecified atom stereocenters. The smallest absolute Gasteiger partial charge is 0.247 e. The van der Waals surface area contributed by atoms with Crippen LogP contribution in [0, 0.1) is 0 Å². The number of hydrogen-bond acceptors (Lipinski definition) is 4. The summed E-state index contributed by atoms with van der Waals surface area (Å²) in [4.78, 5) is 4.13. The molecule has 126 valence electrons. The van der Waals surface area contributed by atoms with Gasteiger partial charge in [-0.2, -0.15) is 0 Å². The molecule has 0 N–H and O–H groups in total. The van der Waals surface area contributed by atoms with Gasteiger partial charge < -0.3 is 18.5 Å². The van der Waals surface area contributed by atoms with Gasteiger partial charge in [-0.3, -0.25) is 0 Å². The molecule has 0 aliphatic carbocycles. The van der Waals surface area contributed by atoms with E-state index in [1.165, 1.54) is 0 Å². The van der Waals surface area contributed by atoms with Gasteiger partial charge in [0.1, 0.15) is 5.58 Å². The van der Waals surface area contributed by atoms with Crippen molar-refractivity contribution < 1.29 is 13.9 Å². The molecular formula is C19H22N2O3. The number of para-hydroxylation sites is 1. The van der Waals surface area contributed by atoms with Crippen molar-refractivity contribution in [2.75, 3.05) is 0 Å². The molecule has 1 aliphatic rings. The van der Waals surface area contributed by atoms with E-state index in [2.05, 4.69) is 25.8 Å². The van der Waals surface area contributed by atoms with Crippen LogP contribution in [0.15, 0.2) is 53.5 Å². The van der Waals surface area contributed by atoms with Crippen LogP contribution >= 0.6 is 0 Å². The maximum atomic E-state index is 6.46. The summed E-state index contributed by atoms with van der Waals surface area (Å²) < 4.78 is 20.9. The number of hydrogen-bond donors (Lipinski definition) is 0. The van der Waals surface area contributed by atoms with E-state index in [1.807, 2.05) is 41.1 Å². The van der Waals surface area contributed by atoms with Crippen LogP contribution in [0.2, 0.25) is 0 Å². The Morgan fingerprint density at radius 2 is 2.12 bits per heavy atom. The zero-order chi connectivity index (χ0) is 16.8. The van der Waals surface area contributed by atoms with Crippen molar-refractivity contribution in [1.82, 2.24) is 9.55 Å². The van der Waals surface area contributed by atoms with Crippen LogP contribution in [-0.2, 0) is 21.8 Å². The average Bonchev–Trinajstić information content (AvgIpc) is 3.13. The number of nitrogens with zero attached hydrogens (tertiary/aromatic N) is 2. The van der Waals surface area contributed by atoms with Gasteiger partial charge in [0.2, 0.25) is 5.79 Å². The maximum Gasteiger partial charge on any atom is 0.247 e. The number of aromatic nitrogens is 2. The lowest BCUT2D eigenvalue weighted by Crippen LogP contribution is -2.52. The third-order valence-corrected chi connectivity index (χ3v) is 4.36. The van der Waals surface area contributed by atoms with Crippen molar-refractivity contribution >= 4 is 11.0 Å². The zero-order valence-electron chi connectivity index (χ0n) is 14.2. The number of fused-ring (bicyclic) bond motifs is 1. The van der Waals surface area contributed by atoms with E-state index in [4.69, 9.17) is 13.9 Å². The summed E-state index contributed by atoms with van der Waals surface area (Å²) in [7, 11) is 0. The molecule has 1 fully saturated rings. The van der Waals surface area contributed by atoms with Crippen molar-refractivity contribution in [3.05, 3.63) is 54.8 Å². The van der Waals surface area contributed by atoms with Gasteiger partial charge in [0.25, 0.3) is 0 Å². The molecule has 24 heavy (non-hydrogen) atoms. The van der Waals surface area contributed by atoms with Crippen LogP contribution in [-0.4, -0.2) is 21.3 Å². The highest BCUT2D eigenvalue weighted by atomic mass is 16.7. The summed E-state index contributed by atoms with van der Waals surface area (Å²) in [5, 5.41) is 1.04. The van der Waals surface area contributed by atoms with Gasteiger partial charge >= 0.3 is 0 Å². The lowest BCUT2D eigenvalue weighted by molar-refractivity contribution is -0.360. The highest BCUT2D eigenvalue weighted by Gasteiger charge is 2.49. The molecule has 2 atom stereocenters. The topological polar surface area (TPSA) is 49.4 Å². The molecule has 0 saturated carbocycles. The average molecular weight is 326 g/mol. The maximum absolute atomic E-state index is 6.46. The van der Waals surface area contributed by atoms with Gasteiger partial charge in [0.05, 0.1) is 24.6 Å². The zero-order valence-corrected chi connectivity index (χ0v) is 14.2. The number of rotatable bonds is 3. The molecule has 5 heteroatoms. The second-order valence-electron chi connectivity index (χ2n) is 7.13. The van der Waals surface area contributed by atoms with Gasteiger partial charge in [-0.05, 0) is 32.9 Å². The van der Waals surface area contributed by atoms with Crippen LogP contribution in [0.1, 0.15) is 33.0 Å². The Morgan fingerprint density at radius 3 is 2.83 bits per heavy atom. The van der Waals surface area contributed by atoms with E-state index >= 15 is 0 Å². The predicted octanol–water partition coefficient (Wildman–Crippen LogP) is 4.09. The molecule has 5 nitrogen and oxygen atoms in total. The number of benzene rings is 1. The van der Waals surface area contributed by atoms with Crippen LogP contribution in [0.3, 0.4) is 0 Å². The van der Waals surface area contributed by atoms with Gasteiger partial charge in [-0.25, -0.2) is 4.98 Å². The fourth-order valence-corrected chi connectivity index (χ4v) is 3.62. The third-order valence-electron chi connectivity index (χ3n) is 4.36. The van der Waals surface area contributed by atoms with Crippen molar-refractivity contribution in [2.45, 2.75) is 51.2 Å². The van der Waals surface area contributed by atoms with Gasteiger partial charge in [0.15, 0.2) is 5.76 Å². The van der Waals surface area contributed by atoms with E-state index in [1.54, 1.807) is 12.5 Å². The Kier molecular flexibility index (Phi) is 3.51. The Balaban J connectivity index is 1.83. The molecular weight excluding hydrogens is 304 g/mol. The minimum atomic E-state index is -0.971. The van der Waals surface area contributed by atoms with E-state index in [0.717, 1.165) is 17.4 Å². The van der Waals surface area contributed by atoms with Crippen LogP contribution in [0.4, 0.5) is 0 Å². The standard InChI is InChI=1S/C19H22N2O3/c1-14-11-18(2,3)24-19(23-14,12-21-9-8-20-13-21)17-10-15-6-4-5-7-16(15)22-17/h4-10,13-14H,11-12H2,1-3H3. The van der Waals surface area contributed by atoms with E-state index in [9.17, 15) is 0 Å². The summed E-state index contributed by atoms with van der Waals surface area (Å²) >= 11 is 0. The molecule has 0 radical (unpaired) electrons. The minimum absolute atomic E-state index is 0.0606. The first kappa shape index (κ1) is 15.4. The second-order valence-corrected chi connectivity index (χ2v) is 7.13. The Hall–Kier alpha value is -2.11. The molecule has 2 aromatic heterocycles. The molecule has 0 spiro atoms. The summed E-state index contributed by atoms with van der Waals surface area (Å²) in [5.74, 6) is -0.280. The Bertz CT molecular complexity index is 804. The second kappa shape index (κ2) is 5.46. The molecule has 1 saturated heterocycles. The van der Waals surface area contributed by atoms with Gasteiger partial charge in [-0.15, -0.1) is 0 Å². The fourth-order valence-electron chi connectivity index (χ4n) is 3.62. The number of imidazole rings is 1. The minimum Gasteiger partial charge on any atom is -0.455 e. The van der Waals surface area contributed by atoms with Crippen LogP contribution < -0.4 is 0 Å². The highest BCUT2D eigenvalue weighted by molar-refractivity contribution is 5.77. The lowest BCUT2D eigenvalue weighted by atomic mass is 9.97. The summed E-state index contributed by atoms with van der Waals surface area (Å²) in [6, 6.07) is 9.97. The molecule has 3 heterocycles. The van der Waals surface area contributed by atoms with Crippen LogP contribution in [0.25, 0.3) is 11.0 Å². The lowest BCUT2D eigenvalue weighted by Gasteiger charge is -2.46. The van der Waals surface area contributed by atoms with Gasteiger partial charge in [0, 0.05) is 24.2 Å². The molecule has 1 aromatic carbocycles. The number of furan rings is 1. The predicted molar refractivity (Wildman–Crippen MR) is 90.4 cm³/mol. The first-order valence-corrected chi connectivity index (χ1v) is 8.29. The van der Waals surface area contributed by atoms with Gasteiger partial charge in [-0.1, -0.05) is 18.2 Å². The summed E-state index contributed by atoms with van der Waals surface area (Å²) in [6.45, 7) is 6.75. The normalized spacial score (nSPS) is 26.7. The Labute approximate surface area is 141 Å². The molecule has 0 amide bonds. The first-order chi connectivity index (χ1) is 11.5. The Morgan fingerprint density at radius 1 is 1.29 bits per heavy atom. The first-order valence-electron chi connectivity index (χ1n) is 8.29. The third kappa shape index (κ3) is 2.74. The molecule has 0 bridgehead atoms. The highest BCUT2D eigenvalue weighted by Crippen LogP contribution is 2.43. The van der Waals surface area contributed by atoms with E-state index < -0.39 is 5.79 Å². The molecule has 4 rings (SSSR count). The van der Waals surface area contributed by atoms with Crippen molar-refractivity contribution in [2.24, 2.45) is 0 Å². The van der Waals surface area contributed by atoms with Crippen LogP contribution in [0.5, 0.6) is 0 Å².